The Bertz CT molecular complexity index is 169. The van der Waals surface area contributed by atoms with Crippen LogP contribution in [0.5, 0.6) is 0 Å². The van der Waals surface area contributed by atoms with Gasteiger partial charge >= 0.3 is 8.88 Å². The lowest BCUT2D eigenvalue weighted by Gasteiger charge is -1.95. The highest BCUT2D eigenvalue weighted by Crippen LogP contribution is 1.91. The van der Waals surface area contributed by atoms with Crippen LogP contribution in [0, 0.1) is 0 Å². The number of nitrogens with zero attached hydrogens (tertiary/aromatic N) is 2. The number of hydrogen-bond donors (Lipinski definition) is 2. The van der Waals surface area contributed by atoms with Crippen molar-refractivity contribution in [3.8, 4) is 0 Å². The maximum atomic E-state index is 9.33. The fourth-order valence-corrected chi connectivity index (χ4v) is 0.442. The first kappa shape index (κ1) is 7.90. The molecule has 7 heteroatoms. The first-order valence-corrected chi connectivity index (χ1v) is 3.54. The van der Waals surface area contributed by atoms with Crippen molar-refractivity contribution in [2.45, 2.75) is 0 Å². The summed E-state index contributed by atoms with van der Waals surface area (Å²) in [6.07, 6.45) is 1.71. The molecule has 0 saturated heterocycles. The van der Waals surface area contributed by atoms with Crippen molar-refractivity contribution in [3.63, 3.8) is 0 Å². The summed E-state index contributed by atoms with van der Waals surface area (Å²) < 4.78 is 4.92. The minimum atomic E-state index is -4.30. The average Bonchev–Trinajstić information content (AvgIpc) is 1.64. The lowest BCUT2D eigenvalue weighted by Crippen LogP contribution is -2.29. The van der Waals surface area contributed by atoms with Gasteiger partial charge in [-0.1, -0.05) is 0 Å². The zero-order valence-corrected chi connectivity index (χ0v) is 5.11. The molecule has 0 aliphatic carbocycles. The number of isocyanates is 2. The minimum Gasteiger partial charge on any atom is -0.375 e. The molecule has 6 nitrogen and oxygen atoms in total. The van der Waals surface area contributed by atoms with Gasteiger partial charge in [0.2, 0.25) is 12.2 Å². The smallest absolute Gasteiger partial charge is 0.375 e. The lowest BCUT2D eigenvalue weighted by atomic mass is 11.7. The Labute approximate surface area is 50.6 Å². The van der Waals surface area contributed by atoms with Crippen LogP contribution in [0.4, 0.5) is 0 Å². The van der Waals surface area contributed by atoms with E-state index < -0.39 is 8.88 Å². The van der Waals surface area contributed by atoms with Gasteiger partial charge in [0.1, 0.15) is 0 Å². The van der Waals surface area contributed by atoms with Gasteiger partial charge in [-0.15, -0.1) is 0 Å². The SMILES string of the molecule is O=C=N[Si](O)(O)N=C=O. The van der Waals surface area contributed by atoms with Gasteiger partial charge in [-0.25, -0.2) is 9.59 Å². The van der Waals surface area contributed by atoms with Crippen molar-refractivity contribution in [1.82, 2.24) is 0 Å². The lowest BCUT2D eigenvalue weighted by molar-refractivity contribution is 0.365. The molecule has 0 aromatic rings. The summed E-state index contributed by atoms with van der Waals surface area (Å²) in [6.45, 7) is 0. The molecular weight excluding hydrogens is 144 g/mol. The molecule has 0 amide bonds. The number of hydrogen-bond acceptors (Lipinski definition) is 6. The molecule has 0 aromatic carbocycles. The van der Waals surface area contributed by atoms with Crippen LogP contribution in [-0.2, 0) is 9.59 Å². The van der Waals surface area contributed by atoms with Crippen LogP contribution in [0.15, 0.2) is 9.32 Å². The Morgan fingerprint density at radius 2 is 1.44 bits per heavy atom. The quantitative estimate of drug-likeness (QED) is 0.269. The van der Waals surface area contributed by atoms with Gasteiger partial charge in [-0.3, -0.25) is 0 Å². The van der Waals surface area contributed by atoms with Crippen LogP contribution in [-0.4, -0.2) is 30.6 Å². The number of carbonyl (C=O) groups excluding carboxylic acids is 2. The fourth-order valence-electron chi connectivity index (χ4n) is 0.147. The Morgan fingerprint density at radius 1 is 1.11 bits per heavy atom. The Hall–Kier alpha value is -1.10. The molecular formula is C2H2N2O4Si. The monoisotopic (exact) mass is 146 g/mol. The molecule has 0 radical (unpaired) electrons. The van der Waals surface area contributed by atoms with Gasteiger partial charge in [-0.2, -0.15) is 9.32 Å². The summed E-state index contributed by atoms with van der Waals surface area (Å²) in [5, 5.41) is 0. The van der Waals surface area contributed by atoms with E-state index in [4.69, 9.17) is 9.59 Å². The molecule has 0 heterocycles. The van der Waals surface area contributed by atoms with E-state index in [1.165, 1.54) is 0 Å². The van der Waals surface area contributed by atoms with E-state index in [1.54, 1.807) is 0 Å². The molecule has 0 bridgehead atoms. The largest absolute Gasteiger partial charge is 0.642 e. The Balaban J connectivity index is 4.36. The molecule has 0 aromatic heterocycles. The van der Waals surface area contributed by atoms with Gasteiger partial charge in [0.25, 0.3) is 0 Å². The van der Waals surface area contributed by atoms with Crippen LogP contribution in [0.1, 0.15) is 0 Å². The van der Waals surface area contributed by atoms with Gasteiger partial charge in [0.15, 0.2) is 0 Å². The highest BCUT2D eigenvalue weighted by Gasteiger charge is 2.30. The molecule has 0 unspecified atom stereocenters. The Morgan fingerprint density at radius 3 is 1.67 bits per heavy atom. The van der Waals surface area contributed by atoms with Crippen molar-refractivity contribution < 1.29 is 19.2 Å². The van der Waals surface area contributed by atoms with Crippen molar-refractivity contribution >= 4 is 21.0 Å². The molecule has 0 aliphatic heterocycles. The average molecular weight is 146 g/mol. The van der Waals surface area contributed by atoms with Crippen molar-refractivity contribution in [1.29, 1.82) is 0 Å². The second-order valence-corrected chi connectivity index (χ2v) is 2.65. The molecule has 0 fully saturated rings. The topological polar surface area (TPSA) is 99.3 Å². The maximum absolute atomic E-state index is 9.33. The molecule has 2 N–H and O–H groups in total. The zero-order valence-electron chi connectivity index (χ0n) is 4.11. The van der Waals surface area contributed by atoms with E-state index in [2.05, 4.69) is 9.32 Å². The first-order chi connectivity index (χ1) is 4.12. The summed E-state index contributed by atoms with van der Waals surface area (Å²) in [4.78, 5) is 35.4. The zero-order chi connectivity index (χ0) is 7.33. The predicted octanol–water partition coefficient (Wildman–Crippen LogP) is -1.92. The van der Waals surface area contributed by atoms with Crippen LogP contribution >= 0.6 is 0 Å². The van der Waals surface area contributed by atoms with Crippen molar-refractivity contribution in [3.05, 3.63) is 0 Å². The standard InChI is InChI=1S/C2H2N2O4Si/c5-1-3-9(7,8)4-2-6/h7-8H. The van der Waals surface area contributed by atoms with Gasteiger partial charge < -0.3 is 9.59 Å². The molecule has 0 atom stereocenters. The fraction of sp³-hybridized carbons (Fsp3) is 0. The highest BCUT2D eigenvalue weighted by molar-refractivity contribution is 6.62. The third kappa shape index (κ3) is 3.48. The van der Waals surface area contributed by atoms with E-state index >= 15 is 0 Å². The van der Waals surface area contributed by atoms with E-state index in [1.807, 2.05) is 0 Å². The number of rotatable bonds is 2. The highest BCUT2D eigenvalue weighted by atomic mass is 28.4. The second kappa shape index (κ2) is 3.03. The van der Waals surface area contributed by atoms with Gasteiger partial charge in [-0.05, 0) is 0 Å². The predicted molar refractivity (Wildman–Crippen MR) is 26.4 cm³/mol. The molecule has 0 spiro atoms. The minimum absolute atomic E-state index is 0.857. The van der Waals surface area contributed by atoms with E-state index in [-0.39, 0.29) is 0 Å². The van der Waals surface area contributed by atoms with E-state index in [9.17, 15) is 9.59 Å². The molecule has 9 heavy (non-hydrogen) atoms. The first-order valence-electron chi connectivity index (χ1n) is 1.75. The van der Waals surface area contributed by atoms with Crippen LogP contribution in [0.25, 0.3) is 0 Å². The summed E-state index contributed by atoms with van der Waals surface area (Å²) in [6, 6.07) is 0. The maximum Gasteiger partial charge on any atom is 0.642 e. The van der Waals surface area contributed by atoms with Crippen molar-refractivity contribution in [2.24, 2.45) is 9.32 Å². The van der Waals surface area contributed by atoms with Crippen LogP contribution < -0.4 is 0 Å². The molecule has 0 rings (SSSR count). The van der Waals surface area contributed by atoms with Crippen LogP contribution in [0.2, 0.25) is 0 Å². The van der Waals surface area contributed by atoms with Crippen molar-refractivity contribution in [2.75, 3.05) is 0 Å². The molecule has 0 saturated carbocycles. The summed E-state index contributed by atoms with van der Waals surface area (Å²) in [5.74, 6) is 0. The third-order valence-electron chi connectivity index (χ3n) is 0.391. The molecule has 0 aliphatic rings. The summed E-state index contributed by atoms with van der Waals surface area (Å²) in [5.41, 5.74) is 0. The summed E-state index contributed by atoms with van der Waals surface area (Å²) in [7, 11) is -4.30. The van der Waals surface area contributed by atoms with Gasteiger partial charge in [0, 0.05) is 0 Å². The molecule has 48 valence electrons. The summed E-state index contributed by atoms with van der Waals surface area (Å²) >= 11 is 0. The Kier molecular flexibility index (Phi) is 2.66. The normalized spacial score (nSPS) is 9.11. The third-order valence-corrected chi connectivity index (χ3v) is 1.17. The second-order valence-electron chi connectivity index (χ2n) is 1.01. The van der Waals surface area contributed by atoms with E-state index in [0.717, 1.165) is 12.2 Å². The van der Waals surface area contributed by atoms with Gasteiger partial charge in [0.05, 0.1) is 0 Å². The van der Waals surface area contributed by atoms with E-state index in [0.29, 0.717) is 0 Å². The van der Waals surface area contributed by atoms with Crippen LogP contribution in [0.3, 0.4) is 0 Å².